The quantitative estimate of drug-likeness (QED) is 0.671. The van der Waals surface area contributed by atoms with Gasteiger partial charge in [0.15, 0.2) is 0 Å². The van der Waals surface area contributed by atoms with Crippen molar-refractivity contribution in [3.05, 3.63) is 35.8 Å². The largest absolute Gasteiger partial charge is 0.340 e. The SMILES string of the molecule is Fc1cccc2cc3n(c12)CCNC3. The van der Waals surface area contributed by atoms with Gasteiger partial charge in [0.05, 0.1) is 5.52 Å². The third-order valence-electron chi connectivity index (χ3n) is 2.78. The number of fused-ring (bicyclic) bond motifs is 3. The lowest BCUT2D eigenvalue weighted by atomic mass is 10.2. The Hall–Kier alpha value is -1.35. The summed E-state index contributed by atoms with van der Waals surface area (Å²) in [5, 5.41) is 4.28. The Kier molecular flexibility index (Phi) is 1.61. The van der Waals surface area contributed by atoms with Crippen molar-refractivity contribution in [2.24, 2.45) is 0 Å². The molecule has 2 heterocycles. The molecule has 2 nitrogen and oxygen atoms in total. The predicted octanol–water partition coefficient (Wildman–Crippen LogP) is 1.88. The Morgan fingerprint density at radius 2 is 2.29 bits per heavy atom. The molecule has 14 heavy (non-hydrogen) atoms. The molecule has 0 aliphatic carbocycles. The predicted molar refractivity (Wildman–Crippen MR) is 53.6 cm³/mol. The van der Waals surface area contributed by atoms with E-state index in [1.165, 1.54) is 11.8 Å². The van der Waals surface area contributed by atoms with Gasteiger partial charge in [-0.05, 0) is 12.1 Å². The number of halogens is 1. The molecule has 0 bridgehead atoms. The van der Waals surface area contributed by atoms with Gasteiger partial charge in [-0.2, -0.15) is 0 Å². The van der Waals surface area contributed by atoms with E-state index >= 15 is 0 Å². The van der Waals surface area contributed by atoms with Gasteiger partial charge >= 0.3 is 0 Å². The van der Waals surface area contributed by atoms with Crippen molar-refractivity contribution in [2.45, 2.75) is 13.1 Å². The van der Waals surface area contributed by atoms with Crippen molar-refractivity contribution in [2.75, 3.05) is 6.54 Å². The summed E-state index contributed by atoms with van der Waals surface area (Å²) in [6.07, 6.45) is 0. The minimum Gasteiger partial charge on any atom is -0.340 e. The molecule has 0 atom stereocenters. The highest BCUT2D eigenvalue weighted by molar-refractivity contribution is 5.82. The summed E-state index contributed by atoms with van der Waals surface area (Å²) in [6.45, 7) is 2.62. The molecule has 0 amide bonds. The summed E-state index contributed by atoms with van der Waals surface area (Å²) in [5.74, 6) is -0.115. The molecule has 1 N–H and O–H groups in total. The Morgan fingerprint density at radius 3 is 3.21 bits per heavy atom. The van der Waals surface area contributed by atoms with E-state index in [0.29, 0.717) is 0 Å². The number of nitrogens with one attached hydrogen (secondary N) is 1. The van der Waals surface area contributed by atoms with Crippen LogP contribution in [0.15, 0.2) is 24.3 Å². The summed E-state index contributed by atoms with van der Waals surface area (Å²) < 4.78 is 15.6. The average molecular weight is 190 g/mol. The molecule has 0 unspecified atom stereocenters. The molecule has 3 rings (SSSR count). The number of benzene rings is 1. The maximum atomic E-state index is 13.6. The third-order valence-corrected chi connectivity index (χ3v) is 2.78. The molecule has 0 spiro atoms. The van der Waals surface area contributed by atoms with Crippen LogP contribution in [0.1, 0.15) is 5.69 Å². The van der Waals surface area contributed by atoms with Gasteiger partial charge in [-0.15, -0.1) is 0 Å². The molecule has 2 aromatic rings. The van der Waals surface area contributed by atoms with Crippen molar-refractivity contribution in [3.63, 3.8) is 0 Å². The molecule has 1 aromatic carbocycles. The fraction of sp³-hybridized carbons (Fsp3) is 0.273. The van der Waals surface area contributed by atoms with Gasteiger partial charge < -0.3 is 9.88 Å². The second-order valence-corrected chi connectivity index (χ2v) is 3.64. The van der Waals surface area contributed by atoms with Crippen molar-refractivity contribution in [1.29, 1.82) is 0 Å². The first-order chi connectivity index (χ1) is 6.86. The van der Waals surface area contributed by atoms with Crippen LogP contribution in [-0.2, 0) is 13.1 Å². The highest BCUT2D eigenvalue weighted by Crippen LogP contribution is 2.23. The van der Waals surface area contributed by atoms with E-state index in [-0.39, 0.29) is 5.82 Å². The number of hydrogen-bond acceptors (Lipinski definition) is 1. The van der Waals surface area contributed by atoms with E-state index < -0.39 is 0 Å². The monoisotopic (exact) mass is 190 g/mol. The second-order valence-electron chi connectivity index (χ2n) is 3.64. The van der Waals surface area contributed by atoms with Gasteiger partial charge in [0.2, 0.25) is 0 Å². The number of para-hydroxylation sites is 1. The molecular formula is C11H11FN2. The number of nitrogens with zero attached hydrogens (tertiary/aromatic N) is 1. The summed E-state index contributed by atoms with van der Waals surface area (Å²) in [4.78, 5) is 0. The molecule has 0 fully saturated rings. The highest BCUT2D eigenvalue weighted by atomic mass is 19.1. The Bertz CT molecular complexity index is 487. The molecular weight excluding hydrogens is 179 g/mol. The molecule has 72 valence electrons. The average Bonchev–Trinajstić information content (AvgIpc) is 2.57. The maximum Gasteiger partial charge on any atom is 0.147 e. The first kappa shape index (κ1) is 8.00. The first-order valence-electron chi connectivity index (χ1n) is 4.83. The normalized spacial score (nSPS) is 15.8. The molecule has 3 heteroatoms. The van der Waals surface area contributed by atoms with Crippen LogP contribution in [0.3, 0.4) is 0 Å². The van der Waals surface area contributed by atoms with Crippen LogP contribution in [0.25, 0.3) is 10.9 Å². The number of hydrogen-bond donors (Lipinski definition) is 1. The molecule has 0 saturated heterocycles. The van der Waals surface area contributed by atoms with E-state index in [0.717, 1.165) is 30.5 Å². The minimum atomic E-state index is -0.115. The fourth-order valence-electron chi connectivity index (χ4n) is 2.14. The zero-order chi connectivity index (χ0) is 9.54. The summed E-state index contributed by atoms with van der Waals surface area (Å²) >= 11 is 0. The number of aromatic nitrogens is 1. The van der Waals surface area contributed by atoms with E-state index in [9.17, 15) is 4.39 Å². The van der Waals surface area contributed by atoms with E-state index in [1.807, 2.05) is 6.07 Å². The lowest BCUT2D eigenvalue weighted by Gasteiger charge is -2.17. The second kappa shape index (κ2) is 2.82. The van der Waals surface area contributed by atoms with Crippen molar-refractivity contribution in [3.8, 4) is 0 Å². The van der Waals surface area contributed by atoms with Gasteiger partial charge in [-0.25, -0.2) is 4.39 Å². The lowest BCUT2D eigenvalue weighted by Crippen LogP contribution is -2.27. The van der Waals surface area contributed by atoms with E-state index in [4.69, 9.17) is 0 Å². The van der Waals surface area contributed by atoms with Crippen molar-refractivity contribution < 1.29 is 4.39 Å². The summed E-state index contributed by atoms with van der Waals surface area (Å²) in [5.41, 5.74) is 1.93. The Morgan fingerprint density at radius 1 is 1.36 bits per heavy atom. The Balaban J connectivity index is 2.38. The van der Waals surface area contributed by atoms with Gasteiger partial charge in [0, 0.05) is 30.7 Å². The molecule has 1 aliphatic rings. The van der Waals surface area contributed by atoms with Crippen LogP contribution in [0.5, 0.6) is 0 Å². The summed E-state index contributed by atoms with van der Waals surface area (Å²) in [7, 11) is 0. The molecule has 1 aliphatic heterocycles. The molecule has 1 aromatic heterocycles. The fourth-order valence-corrected chi connectivity index (χ4v) is 2.14. The van der Waals surface area contributed by atoms with Crippen LogP contribution in [0.2, 0.25) is 0 Å². The van der Waals surface area contributed by atoms with Crippen LogP contribution >= 0.6 is 0 Å². The lowest BCUT2D eigenvalue weighted by molar-refractivity contribution is 0.519. The van der Waals surface area contributed by atoms with Crippen LogP contribution in [0, 0.1) is 5.82 Å². The van der Waals surface area contributed by atoms with Crippen LogP contribution < -0.4 is 5.32 Å². The molecule has 0 saturated carbocycles. The Labute approximate surface area is 81.3 Å². The topological polar surface area (TPSA) is 17.0 Å². The molecule has 0 radical (unpaired) electrons. The minimum absolute atomic E-state index is 0.115. The van der Waals surface area contributed by atoms with Gasteiger partial charge in [-0.1, -0.05) is 12.1 Å². The van der Waals surface area contributed by atoms with E-state index in [1.54, 1.807) is 6.07 Å². The zero-order valence-electron chi connectivity index (χ0n) is 7.76. The van der Waals surface area contributed by atoms with Crippen molar-refractivity contribution in [1.82, 2.24) is 9.88 Å². The van der Waals surface area contributed by atoms with Gasteiger partial charge in [-0.3, -0.25) is 0 Å². The van der Waals surface area contributed by atoms with E-state index in [2.05, 4.69) is 16.0 Å². The zero-order valence-corrected chi connectivity index (χ0v) is 7.76. The first-order valence-corrected chi connectivity index (χ1v) is 4.83. The van der Waals surface area contributed by atoms with Crippen LogP contribution in [-0.4, -0.2) is 11.1 Å². The standard InChI is InChI=1S/C11H11FN2/c12-10-3-1-2-8-6-9-7-13-4-5-14(9)11(8)10/h1-3,6,13H,4-5,7H2. The smallest absolute Gasteiger partial charge is 0.147 e. The summed E-state index contributed by atoms with van der Waals surface area (Å²) in [6, 6.07) is 7.31. The third kappa shape index (κ3) is 0.990. The number of rotatable bonds is 0. The van der Waals surface area contributed by atoms with Crippen molar-refractivity contribution >= 4 is 10.9 Å². The van der Waals surface area contributed by atoms with Crippen LogP contribution in [0.4, 0.5) is 4.39 Å². The maximum absolute atomic E-state index is 13.6. The van der Waals surface area contributed by atoms with Gasteiger partial charge in [0.25, 0.3) is 0 Å². The van der Waals surface area contributed by atoms with Gasteiger partial charge in [0.1, 0.15) is 5.82 Å². The highest BCUT2D eigenvalue weighted by Gasteiger charge is 2.14.